The van der Waals surface area contributed by atoms with Crippen LogP contribution >= 0.6 is 15.9 Å². The Morgan fingerprint density at radius 2 is 2.05 bits per heavy atom. The third kappa shape index (κ3) is 4.88. The smallest absolute Gasteiger partial charge is 0.306 e. The molecule has 0 aliphatic carbocycles. The lowest BCUT2D eigenvalue weighted by atomic mass is 10.0. The monoisotopic (exact) mass is 331 g/mol. The van der Waals surface area contributed by atoms with Gasteiger partial charge in [-0.15, -0.1) is 0 Å². The van der Waals surface area contributed by atoms with Gasteiger partial charge >= 0.3 is 5.97 Å². The number of hydrogen-bond donors (Lipinski definition) is 4. The van der Waals surface area contributed by atoms with E-state index < -0.39 is 23.9 Å². The van der Waals surface area contributed by atoms with Crippen molar-refractivity contribution < 1.29 is 24.9 Å². The Bertz CT molecular complexity index is 501. The summed E-state index contributed by atoms with van der Waals surface area (Å²) in [6.07, 6.45) is -0.473. The first-order chi connectivity index (χ1) is 8.71. The average molecular weight is 332 g/mol. The largest absolute Gasteiger partial charge is 0.507 e. The molecule has 0 heterocycles. The summed E-state index contributed by atoms with van der Waals surface area (Å²) < 4.78 is 0.460. The molecule has 0 saturated heterocycles. The molecule has 1 rings (SSSR count). The van der Waals surface area contributed by atoms with Crippen LogP contribution in [0.1, 0.15) is 23.7 Å². The Balaban J connectivity index is 2.65. The molecule has 1 aromatic rings. The fraction of sp³-hybridized carbons (Fsp3) is 0.333. The molecule has 0 aliphatic heterocycles. The number of hydrogen-bond acceptors (Lipinski definition) is 4. The van der Waals surface area contributed by atoms with Crippen molar-refractivity contribution in [2.75, 3.05) is 6.54 Å². The Morgan fingerprint density at radius 1 is 1.42 bits per heavy atom. The number of phenols is 1. The van der Waals surface area contributed by atoms with E-state index in [0.29, 0.717) is 4.47 Å². The maximum atomic E-state index is 11.7. The number of carbonyl (C=O) groups is 2. The number of nitrogens with one attached hydrogen (secondary N) is 1. The molecule has 1 amide bonds. The zero-order valence-electron chi connectivity index (χ0n) is 10.2. The van der Waals surface area contributed by atoms with E-state index in [9.17, 15) is 19.8 Å². The van der Waals surface area contributed by atoms with E-state index in [1.54, 1.807) is 0 Å². The number of aliphatic carboxylic acids is 1. The van der Waals surface area contributed by atoms with Gasteiger partial charge in [0.1, 0.15) is 5.75 Å². The SMILES string of the molecule is CC(O)(CNC(=O)c1ccc(Br)c(O)c1)CC(=O)O. The van der Waals surface area contributed by atoms with Crippen LogP contribution in [0.4, 0.5) is 0 Å². The average Bonchev–Trinajstić information content (AvgIpc) is 2.28. The minimum absolute atomic E-state index is 0.0788. The summed E-state index contributed by atoms with van der Waals surface area (Å²) in [6.45, 7) is 1.12. The van der Waals surface area contributed by atoms with Gasteiger partial charge in [-0.05, 0) is 41.1 Å². The van der Waals surface area contributed by atoms with E-state index in [4.69, 9.17) is 5.11 Å². The molecule has 1 aromatic carbocycles. The fourth-order valence-corrected chi connectivity index (χ4v) is 1.66. The zero-order chi connectivity index (χ0) is 14.6. The highest BCUT2D eigenvalue weighted by molar-refractivity contribution is 9.10. The molecule has 1 atom stereocenters. The first-order valence-electron chi connectivity index (χ1n) is 5.42. The van der Waals surface area contributed by atoms with Gasteiger partial charge in [0.25, 0.3) is 5.91 Å². The van der Waals surface area contributed by atoms with Crippen LogP contribution in [0, 0.1) is 0 Å². The van der Waals surface area contributed by atoms with Gasteiger partial charge in [-0.25, -0.2) is 0 Å². The van der Waals surface area contributed by atoms with Crippen LogP contribution in [0.3, 0.4) is 0 Å². The first kappa shape index (κ1) is 15.5. The summed E-state index contributed by atoms with van der Waals surface area (Å²) in [7, 11) is 0. The Labute approximate surface area is 118 Å². The van der Waals surface area contributed by atoms with Crippen molar-refractivity contribution in [3.8, 4) is 5.75 Å². The van der Waals surface area contributed by atoms with Crippen molar-refractivity contribution in [3.05, 3.63) is 28.2 Å². The summed E-state index contributed by atoms with van der Waals surface area (Å²) in [5.74, 6) is -1.74. The molecule has 0 aromatic heterocycles. The van der Waals surface area contributed by atoms with Crippen LogP contribution in [0.5, 0.6) is 5.75 Å². The molecule has 6 nitrogen and oxygen atoms in total. The number of aromatic hydroxyl groups is 1. The molecule has 0 bridgehead atoms. The van der Waals surface area contributed by atoms with Crippen molar-refractivity contribution in [2.24, 2.45) is 0 Å². The zero-order valence-corrected chi connectivity index (χ0v) is 11.8. The number of rotatable bonds is 5. The fourth-order valence-electron chi connectivity index (χ4n) is 1.41. The van der Waals surface area contributed by atoms with Crippen molar-refractivity contribution in [1.82, 2.24) is 5.32 Å². The van der Waals surface area contributed by atoms with Crippen molar-refractivity contribution in [3.63, 3.8) is 0 Å². The van der Waals surface area contributed by atoms with Crippen LogP contribution < -0.4 is 5.32 Å². The van der Waals surface area contributed by atoms with E-state index in [2.05, 4.69) is 21.2 Å². The van der Waals surface area contributed by atoms with Gasteiger partial charge in [0.05, 0.1) is 16.5 Å². The molecule has 19 heavy (non-hydrogen) atoms. The van der Waals surface area contributed by atoms with Crippen LogP contribution in [0.15, 0.2) is 22.7 Å². The second-order valence-corrected chi connectivity index (χ2v) is 5.27. The van der Waals surface area contributed by atoms with E-state index in [0.717, 1.165) is 0 Å². The van der Waals surface area contributed by atoms with Gasteiger partial charge in [0.15, 0.2) is 0 Å². The van der Waals surface area contributed by atoms with E-state index in [-0.39, 0.29) is 17.9 Å². The third-order valence-electron chi connectivity index (χ3n) is 2.37. The maximum absolute atomic E-state index is 11.7. The van der Waals surface area contributed by atoms with E-state index in [1.165, 1.54) is 25.1 Å². The number of carbonyl (C=O) groups excluding carboxylic acids is 1. The summed E-state index contributed by atoms with van der Waals surface area (Å²) >= 11 is 3.09. The van der Waals surface area contributed by atoms with Gasteiger partial charge in [0, 0.05) is 12.1 Å². The lowest BCUT2D eigenvalue weighted by Gasteiger charge is -2.21. The highest BCUT2D eigenvalue weighted by Crippen LogP contribution is 2.24. The number of aliphatic hydroxyl groups is 1. The standard InChI is InChI=1S/C12H14BrNO5/c1-12(19,5-10(16)17)6-14-11(18)7-2-3-8(13)9(15)4-7/h2-4,15,19H,5-6H2,1H3,(H,14,18)(H,16,17). The lowest BCUT2D eigenvalue weighted by molar-refractivity contribution is -0.141. The van der Waals surface area contributed by atoms with Gasteiger partial charge < -0.3 is 20.6 Å². The van der Waals surface area contributed by atoms with E-state index in [1.807, 2.05) is 0 Å². The van der Waals surface area contributed by atoms with Crippen molar-refractivity contribution in [1.29, 1.82) is 0 Å². The van der Waals surface area contributed by atoms with Gasteiger partial charge in [-0.1, -0.05) is 0 Å². The highest BCUT2D eigenvalue weighted by atomic mass is 79.9. The molecule has 1 unspecified atom stereocenters. The number of amides is 1. The van der Waals surface area contributed by atoms with Gasteiger partial charge in [-0.3, -0.25) is 9.59 Å². The predicted molar refractivity (Wildman–Crippen MR) is 71.0 cm³/mol. The molecule has 0 radical (unpaired) electrons. The Hall–Kier alpha value is -1.60. The summed E-state index contributed by atoms with van der Waals surface area (Å²) in [5, 5.41) is 30.2. The van der Waals surface area contributed by atoms with Crippen LogP contribution in [0.2, 0.25) is 0 Å². The summed E-state index contributed by atoms with van der Waals surface area (Å²) in [6, 6.07) is 4.27. The summed E-state index contributed by atoms with van der Waals surface area (Å²) in [4.78, 5) is 22.2. The maximum Gasteiger partial charge on any atom is 0.306 e. The third-order valence-corrected chi connectivity index (χ3v) is 3.04. The molecule has 0 aliphatic rings. The quantitative estimate of drug-likeness (QED) is 0.646. The Morgan fingerprint density at radius 3 is 2.58 bits per heavy atom. The second kappa shape index (κ2) is 6.03. The normalized spacial score (nSPS) is 13.6. The number of carboxylic acid groups (broad SMARTS) is 1. The van der Waals surface area contributed by atoms with Crippen LogP contribution in [-0.4, -0.2) is 39.3 Å². The number of carboxylic acids is 1. The molecular weight excluding hydrogens is 318 g/mol. The van der Waals surface area contributed by atoms with Crippen molar-refractivity contribution in [2.45, 2.75) is 18.9 Å². The lowest BCUT2D eigenvalue weighted by Crippen LogP contribution is -2.42. The second-order valence-electron chi connectivity index (χ2n) is 4.42. The minimum Gasteiger partial charge on any atom is -0.507 e. The molecule has 4 N–H and O–H groups in total. The van der Waals surface area contributed by atoms with E-state index >= 15 is 0 Å². The molecule has 0 fully saturated rings. The molecular formula is C12H14BrNO5. The number of phenolic OH excluding ortho intramolecular Hbond substituents is 1. The highest BCUT2D eigenvalue weighted by Gasteiger charge is 2.25. The van der Waals surface area contributed by atoms with Crippen LogP contribution in [0.25, 0.3) is 0 Å². The number of benzene rings is 1. The topological polar surface area (TPSA) is 107 Å². The molecule has 7 heteroatoms. The van der Waals surface area contributed by atoms with Crippen LogP contribution in [-0.2, 0) is 4.79 Å². The number of halogens is 1. The Kier molecular flexibility index (Phi) is 4.90. The molecule has 0 saturated carbocycles. The molecule has 0 spiro atoms. The van der Waals surface area contributed by atoms with Gasteiger partial charge in [0.2, 0.25) is 0 Å². The van der Waals surface area contributed by atoms with Crippen molar-refractivity contribution >= 4 is 27.8 Å². The molecule has 104 valence electrons. The predicted octanol–water partition coefficient (Wildman–Crippen LogP) is 1.11. The minimum atomic E-state index is -1.53. The summed E-state index contributed by atoms with van der Waals surface area (Å²) in [5.41, 5.74) is -1.31. The van der Waals surface area contributed by atoms with Gasteiger partial charge in [-0.2, -0.15) is 0 Å². The first-order valence-corrected chi connectivity index (χ1v) is 6.21.